The summed E-state index contributed by atoms with van der Waals surface area (Å²) >= 11 is 0. The molecule has 0 spiro atoms. The predicted octanol–water partition coefficient (Wildman–Crippen LogP) is -1.15. The van der Waals surface area contributed by atoms with Gasteiger partial charge in [0.25, 0.3) is 0 Å². The summed E-state index contributed by atoms with van der Waals surface area (Å²) in [6.07, 6.45) is 0. The fourth-order valence-corrected chi connectivity index (χ4v) is 0.847. The highest BCUT2D eigenvalue weighted by Gasteiger charge is 2.19. The Labute approximate surface area is 49.6 Å². The van der Waals surface area contributed by atoms with Crippen LogP contribution in [0.3, 0.4) is 0 Å². The van der Waals surface area contributed by atoms with Gasteiger partial charge in [-0.25, -0.2) is 0 Å². The average molecular weight is 115 g/mol. The van der Waals surface area contributed by atoms with Crippen LogP contribution in [0.2, 0.25) is 0 Å². The van der Waals surface area contributed by atoms with Crippen LogP contribution >= 0.6 is 0 Å². The summed E-state index contributed by atoms with van der Waals surface area (Å²) in [4.78, 5) is 0. The van der Waals surface area contributed by atoms with E-state index in [2.05, 4.69) is 10.6 Å². The minimum absolute atomic E-state index is 0.0434. The molecule has 0 radical (unpaired) electrons. The van der Waals surface area contributed by atoms with Gasteiger partial charge in [-0.1, -0.05) is 0 Å². The molecule has 1 rings (SSSR count). The minimum Gasteiger partial charge on any atom is -0.323 e. The molecule has 3 heteroatoms. The Bertz CT molecular complexity index is 71.7. The summed E-state index contributed by atoms with van der Waals surface area (Å²) in [7, 11) is 0. The van der Waals surface area contributed by atoms with E-state index in [1.54, 1.807) is 0 Å². The summed E-state index contributed by atoms with van der Waals surface area (Å²) in [6, 6.07) is 0. The van der Waals surface area contributed by atoms with Gasteiger partial charge in [-0.05, 0) is 6.92 Å². The Kier molecular flexibility index (Phi) is 1.51. The number of rotatable bonds is 0. The second-order valence-electron chi connectivity index (χ2n) is 2.68. The van der Waals surface area contributed by atoms with Gasteiger partial charge >= 0.3 is 0 Å². The van der Waals surface area contributed by atoms with Gasteiger partial charge in [0.15, 0.2) is 0 Å². The van der Waals surface area contributed by atoms with Crippen LogP contribution in [0, 0.1) is 0 Å². The SMILES string of the molecule is CC1(N)CNCNC1. The number of hydrogen-bond donors (Lipinski definition) is 3. The van der Waals surface area contributed by atoms with Gasteiger partial charge in [0, 0.05) is 25.3 Å². The summed E-state index contributed by atoms with van der Waals surface area (Å²) in [6.45, 7) is 4.76. The van der Waals surface area contributed by atoms with E-state index in [1.165, 1.54) is 0 Å². The molecule has 1 fully saturated rings. The molecule has 0 bridgehead atoms. The first-order chi connectivity index (χ1) is 3.71. The fourth-order valence-electron chi connectivity index (χ4n) is 0.847. The van der Waals surface area contributed by atoms with Crippen LogP contribution in [0.25, 0.3) is 0 Å². The third kappa shape index (κ3) is 1.43. The lowest BCUT2D eigenvalue weighted by Gasteiger charge is -2.30. The van der Waals surface area contributed by atoms with E-state index in [4.69, 9.17) is 5.73 Å². The van der Waals surface area contributed by atoms with E-state index in [9.17, 15) is 0 Å². The first-order valence-electron chi connectivity index (χ1n) is 2.91. The number of nitrogens with one attached hydrogen (secondary N) is 2. The van der Waals surface area contributed by atoms with Crippen molar-refractivity contribution >= 4 is 0 Å². The quantitative estimate of drug-likeness (QED) is 0.374. The standard InChI is InChI=1S/C5H13N3/c1-5(6)2-7-4-8-3-5/h7-8H,2-4,6H2,1H3. The topological polar surface area (TPSA) is 50.1 Å². The first kappa shape index (κ1) is 6.01. The zero-order valence-corrected chi connectivity index (χ0v) is 5.20. The molecule has 0 atom stereocenters. The molecule has 48 valence electrons. The Hall–Kier alpha value is -0.120. The highest BCUT2D eigenvalue weighted by Crippen LogP contribution is 1.96. The molecule has 1 heterocycles. The molecule has 4 N–H and O–H groups in total. The molecule has 0 unspecified atom stereocenters. The maximum atomic E-state index is 5.75. The van der Waals surface area contributed by atoms with Crippen molar-refractivity contribution in [1.82, 2.24) is 10.6 Å². The molecule has 8 heavy (non-hydrogen) atoms. The Balaban J connectivity index is 2.33. The third-order valence-corrected chi connectivity index (χ3v) is 1.31. The van der Waals surface area contributed by atoms with Crippen LogP contribution < -0.4 is 16.4 Å². The van der Waals surface area contributed by atoms with Crippen LogP contribution in [0.4, 0.5) is 0 Å². The van der Waals surface area contributed by atoms with Crippen LogP contribution in [-0.2, 0) is 0 Å². The van der Waals surface area contributed by atoms with Gasteiger partial charge < -0.3 is 16.4 Å². The van der Waals surface area contributed by atoms with Gasteiger partial charge in [-0.15, -0.1) is 0 Å². The maximum Gasteiger partial charge on any atom is 0.0455 e. The monoisotopic (exact) mass is 115 g/mol. The van der Waals surface area contributed by atoms with Crippen LogP contribution in [0.5, 0.6) is 0 Å². The van der Waals surface area contributed by atoms with Gasteiger partial charge in [-0.3, -0.25) is 0 Å². The van der Waals surface area contributed by atoms with Gasteiger partial charge in [0.05, 0.1) is 0 Å². The van der Waals surface area contributed by atoms with Crippen molar-refractivity contribution in [2.24, 2.45) is 5.73 Å². The molecule has 0 amide bonds. The zero-order chi connectivity index (χ0) is 6.04. The molecule has 0 aliphatic carbocycles. The summed E-state index contributed by atoms with van der Waals surface area (Å²) in [5.74, 6) is 0. The van der Waals surface area contributed by atoms with Gasteiger partial charge in [0.1, 0.15) is 0 Å². The average Bonchev–Trinajstić information content (AvgIpc) is 1.65. The van der Waals surface area contributed by atoms with E-state index in [0.29, 0.717) is 0 Å². The van der Waals surface area contributed by atoms with E-state index >= 15 is 0 Å². The van der Waals surface area contributed by atoms with Crippen molar-refractivity contribution < 1.29 is 0 Å². The Morgan fingerprint density at radius 2 is 1.88 bits per heavy atom. The third-order valence-electron chi connectivity index (χ3n) is 1.31. The van der Waals surface area contributed by atoms with Gasteiger partial charge in [-0.2, -0.15) is 0 Å². The van der Waals surface area contributed by atoms with Crippen molar-refractivity contribution in [1.29, 1.82) is 0 Å². The molecule has 1 aliphatic rings. The second kappa shape index (κ2) is 2.01. The lowest BCUT2D eigenvalue weighted by atomic mass is 10.0. The molecule has 0 aromatic heterocycles. The van der Waals surface area contributed by atoms with Crippen molar-refractivity contribution in [3.8, 4) is 0 Å². The molecule has 1 saturated heterocycles. The summed E-state index contributed by atoms with van der Waals surface area (Å²) in [5.41, 5.74) is 5.71. The highest BCUT2D eigenvalue weighted by atomic mass is 15.1. The number of nitrogens with two attached hydrogens (primary N) is 1. The van der Waals surface area contributed by atoms with E-state index < -0.39 is 0 Å². The lowest BCUT2D eigenvalue weighted by Crippen LogP contribution is -2.59. The van der Waals surface area contributed by atoms with Crippen molar-refractivity contribution in [3.63, 3.8) is 0 Å². The Morgan fingerprint density at radius 1 is 1.38 bits per heavy atom. The zero-order valence-electron chi connectivity index (χ0n) is 5.20. The molecule has 0 aromatic rings. The first-order valence-corrected chi connectivity index (χ1v) is 2.91. The fraction of sp³-hybridized carbons (Fsp3) is 1.00. The normalized spacial score (nSPS) is 27.8. The van der Waals surface area contributed by atoms with E-state index in [-0.39, 0.29) is 5.54 Å². The molecular weight excluding hydrogens is 102 g/mol. The maximum absolute atomic E-state index is 5.75. The van der Waals surface area contributed by atoms with Gasteiger partial charge in [0.2, 0.25) is 0 Å². The second-order valence-corrected chi connectivity index (χ2v) is 2.68. The van der Waals surface area contributed by atoms with Crippen LogP contribution in [0.1, 0.15) is 6.92 Å². The lowest BCUT2D eigenvalue weighted by molar-refractivity contribution is 0.341. The van der Waals surface area contributed by atoms with Crippen LogP contribution in [-0.4, -0.2) is 25.3 Å². The highest BCUT2D eigenvalue weighted by molar-refractivity contribution is 4.86. The van der Waals surface area contributed by atoms with E-state index in [0.717, 1.165) is 19.8 Å². The Morgan fingerprint density at radius 3 is 2.12 bits per heavy atom. The van der Waals surface area contributed by atoms with Crippen LogP contribution in [0.15, 0.2) is 0 Å². The molecule has 1 aliphatic heterocycles. The molecular formula is C5H13N3. The number of hydrogen-bond acceptors (Lipinski definition) is 3. The van der Waals surface area contributed by atoms with E-state index in [1.807, 2.05) is 6.92 Å². The molecule has 0 aromatic carbocycles. The molecule has 0 saturated carbocycles. The van der Waals surface area contributed by atoms with Crippen molar-refractivity contribution in [2.75, 3.05) is 19.8 Å². The summed E-state index contributed by atoms with van der Waals surface area (Å²) < 4.78 is 0. The summed E-state index contributed by atoms with van der Waals surface area (Å²) in [5, 5.41) is 6.28. The minimum atomic E-state index is -0.0434. The van der Waals surface area contributed by atoms with Crippen molar-refractivity contribution in [3.05, 3.63) is 0 Å². The van der Waals surface area contributed by atoms with Crippen molar-refractivity contribution in [2.45, 2.75) is 12.5 Å². The smallest absolute Gasteiger partial charge is 0.0455 e. The predicted molar refractivity (Wildman–Crippen MR) is 33.5 cm³/mol. The molecule has 3 nitrogen and oxygen atoms in total. The largest absolute Gasteiger partial charge is 0.323 e.